The number of esters is 1. The van der Waals surface area contributed by atoms with E-state index in [-0.39, 0.29) is 15.5 Å². The van der Waals surface area contributed by atoms with Gasteiger partial charge in [0.2, 0.25) is 0 Å². The molecule has 1 aromatic rings. The summed E-state index contributed by atoms with van der Waals surface area (Å²) in [6.07, 6.45) is -0.949. The number of nitrogens with zero attached hydrogens (tertiary/aromatic N) is 2. The van der Waals surface area contributed by atoms with Crippen LogP contribution >= 0.6 is 11.6 Å². The first kappa shape index (κ1) is 17.4. The zero-order valence-corrected chi connectivity index (χ0v) is 13.1. The van der Waals surface area contributed by atoms with Crippen LogP contribution in [0.15, 0.2) is 23.1 Å². The maximum absolute atomic E-state index is 12.1. The molecule has 0 N–H and O–H groups in total. The van der Waals surface area contributed by atoms with Crippen LogP contribution in [-0.2, 0) is 19.6 Å². The number of ether oxygens (including phenoxy) is 1. The van der Waals surface area contributed by atoms with Crippen LogP contribution in [0, 0.1) is 11.3 Å². The van der Waals surface area contributed by atoms with Gasteiger partial charge in [-0.25, -0.2) is 13.2 Å². The molecule has 0 aliphatic heterocycles. The minimum atomic E-state index is -4.00. The Labute approximate surface area is 127 Å². The molecule has 0 amide bonds. The van der Waals surface area contributed by atoms with Crippen LogP contribution < -0.4 is 0 Å². The fraction of sp³-hybridized carbons (Fsp3) is 0.333. The Morgan fingerprint density at radius 3 is 2.62 bits per heavy atom. The Hall–Kier alpha value is -1.66. The summed E-state index contributed by atoms with van der Waals surface area (Å²) in [6, 6.07) is 5.36. The Bertz CT molecular complexity index is 683. The van der Waals surface area contributed by atoms with Gasteiger partial charge in [-0.2, -0.15) is 5.26 Å². The summed E-state index contributed by atoms with van der Waals surface area (Å²) in [5, 5.41) is 8.53. The predicted molar refractivity (Wildman–Crippen MR) is 73.9 cm³/mol. The minimum absolute atomic E-state index is 0.0374. The number of halogens is 1. The maximum Gasteiger partial charge on any atom is 0.339 e. The Morgan fingerprint density at radius 1 is 1.48 bits per heavy atom. The van der Waals surface area contributed by atoms with Gasteiger partial charge in [-0.15, -0.1) is 0 Å². The molecule has 0 fully saturated rings. The van der Waals surface area contributed by atoms with Crippen molar-refractivity contribution in [1.82, 2.24) is 4.47 Å². The van der Waals surface area contributed by atoms with Crippen molar-refractivity contribution in [2.24, 2.45) is 0 Å². The monoisotopic (exact) mass is 332 g/mol. The van der Waals surface area contributed by atoms with Crippen molar-refractivity contribution in [3.63, 3.8) is 0 Å². The van der Waals surface area contributed by atoms with Crippen LogP contribution in [-0.4, -0.2) is 39.1 Å². The molecule has 0 spiro atoms. The number of hydrogen-bond acceptors (Lipinski definition) is 6. The van der Waals surface area contributed by atoms with Crippen molar-refractivity contribution < 1.29 is 22.8 Å². The molecule has 0 saturated carbocycles. The molecule has 0 aliphatic carbocycles. The predicted octanol–water partition coefficient (Wildman–Crippen LogP) is 1.59. The lowest BCUT2D eigenvalue weighted by Crippen LogP contribution is -2.26. The van der Waals surface area contributed by atoms with Gasteiger partial charge >= 0.3 is 5.97 Å². The van der Waals surface area contributed by atoms with Gasteiger partial charge in [-0.3, -0.25) is 4.84 Å². The average Bonchev–Trinajstić information content (AvgIpc) is 2.46. The molecular formula is C12H13ClN2O5S. The minimum Gasteiger partial charge on any atom is -0.444 e. The molecule has 0 heterocycles. The Morgan fingerprint density at radius 2 is 2.10 bits per heavy atom. The van der Waals surface area contributed by atoms with Gasteiger partial charge in [0, 0.05) is 7.05 Å². The van der Waals surface area contributed by atoms with Gasteiger partial charge in [0.25, 0.3) is 10.0 Å². The summed E-state index contributed by atoms with van der Waals surface area (Å²) < 4.78 is 29.7. The first-order valence-electron chi connectivity index (χ1n) is 5.67. The molecule has 1 rings (SSSR count). The molecule has 1 atom stereocenters. The van der Waals surface area contributed by atoms with E-state index in [9.17, 15) is 13.2 Å². The third-order valence-corrected chi connectivity index (χ3v) is 4.67. The Kier molecular flexibility index (Phi) is 5.69. The Balaban J connectivity index is 3.24. The highest BCUT2D eigenvalue weighted by Gasteiger charge is 2.25. The highest BCUT2D eigenvalue weighted by Crippen LogP contribution is 2.25. The number of hydrogen-bond donors (Lipinski definition) is 0. The summed E-state index contributed by atoms with van der Waals surface area (Å²) in [6.45, 7) is 1.39. The van der Waals surface area contributed by atoms with Crippen molar-refractivity contribution in [2.45, 2.75) is 17.9 Å². The van der Waals surface area contributed by atoms with Gasteiger partial charge in [0.1, 0.15) is 11.0 Å². The van der Waals surface area contributed by atoms with E-state index in [1.54, 1.807) is 6.07 Å². The average molecular weight is 333 g/mol. The summed E-state index contributed by atoms with van der Waals surface area (Å²) in [4.78, 5) is 16.1. The lowest BCUT2D eigenvalue weighted by molar-refractivity contribution is -0.0258. The lowest BCUT2D eigenvalue weighted by Gasteiger charge is -2.15. The first-order valence-corrected chi connectivity index (χ1v) is 7.49. The fourth-order valence-corrected chi connectivity index (χ4v) is 2.79. The zero-order valence-electron chi connectivity index (χ0n) is 11.5. The molecule has 0 unspecified atom stereocenters. The normalized spacial score (nSPS) is 12.8. The highest BCUT2D eigenvalue weighted by molar-refractivity contribution is 7.89. The quantitative estimate of drug-likeness (QED) is 0.600. The number of sulfonamides is 1. The van der Waals surface area contributed by atoms with Gasteiger partial charge in [-0.1, -0.05) is 16.1 Å². The van der Waals surface area contributed by atoms with Crippen LogP contribution in [0.4, 0.5) is 0 Å². The maximum atomic E-state index is 12.1. The topological polar surface area (TPSA) is 96.7 Å². The number of hydroxylamine groups is 1. The van der Waals surface area contributed by atoms with Crippen LogP contribution in [0.25, 0.3) is 0 Å². The van der Waals surface area contributed by atoms with Crippen LogP contribution in [0.1, 0.15) is 17.3 Å². The highest BCUT2D eigenvalue weighted by atomic mass is 35.5. The number of carbonyl (C=O) groups excluding carboxylic acids is 1. The smallest absolute Gasteiger partial charge is 0.339 e. The van der Waals surface area contributed by atoms with E-state index in [1.165, 1.54) is 33.2 Å². The number of rotatable bonds is 5. The zero-order chi connectivity index (χ0) is 16.2. The van der Waals surface area contributed by atoms with Crippen molar-refractivity contribution in [1.29, 1.82) is 5.26 Å². The summed E-state index contributed by atoms with van der Waals surface area (Å²) in [7, 11) is -1.64. The summed E-state index contributed by atoms with van der Waals surface area (Å²) in [5.74, 6) is -0.822. The van der Waals surface area contributed by atoms with E-state index in [2.05, 4.69) is 4.84 Å². The molecule has 0 bridgehead atoms. The van der Waals surface area contributed by atoms with E-state index in [4.69, 9.17) is 21.6 Å². The standard InChI is InChI=1S/C12H13ClN2O5S/c1-8(7-14)20-12(16)9-4-5-10(13)11(6-9)21(17,18)15(2)19-3/h4-6,8H,1-3H3/t8-/m0/s1. The van der Waals surface area contributed by atoms with E-state index >= 15 is 0 Å². The molecule has 0 radical (unpaired) electrons. The molecule has 0 aliphatic rings. The van der Waals surface area contributed by atoms with Crippen molar-refractivity contribution in [3.05, 3.63) is 28.8 Å². The van der Waals surface area contributed by atoms with Gasteiger partial charge in [0.15, 0.2) is 6.10 Å². The van der Waals surface area contributed by atoms with E-state index in [1.807, 2.05) is 0 Å². The van der Waals surface area contributed by atoms with Crippen molar-refractivity contribution >= 4 is 27.6 Å². The number of benzene rings is 1. The third-order valence-electron chi connectivity index (χ3n) is 2.51. The molecule has 0 aromatic heterocycles. The molecule has 0 saturated heterocycles. The lowest BCUT2D eigenvalue weighted by atomic mass is 10.2. The second-order valence-corrected chi connectivity index (χ2v) is 6.23. The van der Waals surface area contributed by atoms with Gasteiger partial charge < -0.3 is 4.74 Å². The van der Waals surface area contributed by atoms with E-state index in [0.717, 1.165) is 6.07 Å². The molecule has 114 valence electrons. The van der Waals surface area contributed by atoms with Crippen molar-refractivity contribution in [3.8, 4) is 6.07 Å². The third kappa shape index (κ3) is 3.92. The van der Waals surface area contributed by atoms with Crippen LogP contribution in [0.5, 0.6) is 0 Å². The summed E-state index contributed by atoms with van der Waals surface area (Å²) >= 11 is 5.85. The first-order chi connectivity index (χ1) is 9.73. The van der Waals surface area contributed by atoms with Crippen LogP contribution in [0.2, 0.25) is 5.02 Å². The van der Waals surface area contributed by atoms with Gasteiger partial charge in [0.05, 0.1) is 17.7 Å². The van der Waals surface area contributed by atoms with E-state index < -0.39 is 22.1 Å². The van der Waals surface area contributed by atoms with E-state index in [0.29, 0.717) is 4.47 Å². The molecule has 7 nitrogen and oxygen atoms in total. The number of carbonyl (C=O) groups is 1. The second kappa shape index (κ2) is 6.87. The van der Waals surface area contributed by atoms with Crippen LogP contribution in [0.3, 0.4) is 0 Å². The largest absolute Gasteiger partial charge is 0.444 e. The molecule has 1 aromatic carbocycles. The summed E-state index contributed by atoms with van der Waals surface area (Å²) in [5.41, 5.74) is -0.0374. The van der Waals surface area contributed by atoms with Crippen molar-refractivity contribution in [2.75, 3.05) is 14.2 Å². The molecule has 9 heteroatoms. The number of nitriles is 1. The SMILES string of the molecule is CON(C)S(=O)(=O)c1cc(C(=O)O[C@@H](C)C#N)ccc1Cl. The fourth-order valence-electron chi connectivity index (χ4n) is 1.32. The second-order valence-electron chi connectivity index (χ2n) is 3.92. The van der Waals surface area contributed by atoms with Gasteiger partial charge in [-0.05, 0) is 25.1 Å². The molecular weight excluding hydrogens is 320 g/mol. The molecule has 21 heavy (non-hydrogen) atoms.